The van der Waals surface area contributed by atoms with Crippen molar-refractivity contribution in [1.82, 2.24) is 5.32 Å². The maximum absolute atomic E-state index is 13.6. The van der Waals surface area contributed by atoms with Crippen LogP contribution in [0.3, 0.4) is 0 Å². The van der Waals surface area contributed by atoms with E-state index in [9.17, 15) is 4.39 Å². The molecule has 2 nitrogen and oxygen atoms in total. The summed E-state index contributed by atoms with van der Waals surface area (Å²) in [6, 6.07) is 14.1. The number of benzene rings is 2. The van der Waals surface area contributed by atoms with E-state index in [0.717, 1.165) is 18.4 Å². The highest BCUT2D eigenvalue weighted by Gasteiger charge is 2.27. The van der Waals surface area contributed by atoms with E-state index in [1.807, 2.05) is 19.2 Å². The highest BCUT2D eigenvalue weighted by molar-refractivity contribution is 5.44. The molecule has 0 saturated heterocycles. The molecule has 1 aliphatic carbocycles. The van der Waals surface area contributed by atoms with Crippen molar-refractivity contribution in [1.29, 1.82) is 0 Å². The zero-order valence-corrected chi connectivity index (χ0v) is 12.4. The average Bonchev–Trinajstić information content (AvgIpc) is 2.54. The van der Waals surface area contributed by atoms with Gasteiger partial charge in [-0.25, -0.2) is 4.39 Å². The summed E-state index contributed by atoms with van der Waals surface area (Å²) in [6.45, 7) is 0. The number of hydrogen-bond acceptors (Lipinski definition) is 2. The largest absolute Gasteiger partial charge is 0.494 e. The van der Waals surface area contributed by atoms with Crippen LogP contribution in [0.5, 0.6) is 5.75 Å². The molecule has 0 fully saturated rings. The normalized spacial score (nSPS) is 20.9. The second-order valence-electron chi connectivity index (χ2n) is 5.49. The van der Waals surface area contributed by atoms with Crippen molar-refractivity contribution in [3.05, 3.63) is 65.0 Å². The minimum Gasteiger partial charge on any atom is -0.494 e. The lowest BCUT2D eigenvalue weighted by Gasteiger charge is -2.32. The molecule has 0 heterocycles. The molecular formula is C18H20FNO. The van der Waals surface area contributed by atoms with E-state index in [1.165, 1.54) is 24.3 Å². The molecule has 2 aromatic rings. The topological polar surface area (TPSA) is 21.3 Å². The fourth-order valence-corrected chi connectivity index (χ4v) is 3.33. The van der Waals surface area contributed by atoms with E-state index in [0.29, 0.717) is 17.7 Å². The third kappa shape index (κ3) is 2.54. The molecule has 21 heavy (non-hydrogen) atoms. The Bertz CT molecular complexity index is 641. The quantitative estimate of drug-likeness (QED) is 0.919. The molecule has 2 atom stereocenters. The first-order chi connectivity index (χ1) is 10.2. The third-order valence-corrected chi connectivity index (χ3v) is 4.42. The molecule has 2 aromatic carbocycles. The maximum Gasteiger partial charge on any atom is 0.165 e. The molecule has 0 unspecified atom stereocenters. The van der Waals surface area contributed by atoms with Gasteiger partial charge in [0.1, 0.15) is 0 Å². The van der Waals surface area contributed by atoms with Crippen LogP contribution < -0.4 is 10.1 Å². The molecule has 3 heteroatoms. The van der Waals surface area contributed by atoms with Crippen molar-refractivity contribution in [2.75, 3.05) is 14.2 Å². The van der Waals surface area contributed by atoms with E-state index in [4.69, 9.17) is 4.74 Å². The Morgan fingerprint density at radius 2 is 1.86 bits per heavy atom. The number of fused-ring (bicyclic) bond motifs is 1. The number of halogens is 1. The molecule has 0 saturated carbocycles. The van der Waals surface area contributed by atoms with Crippen LogP contribution >= 0.6 is 0 Å². The van der Waals surface area contributed by atoms with Crippen molar-refractivity contribution in [3.8, 4) is 5.75 Å². The van der Waals surface area contributed by atoms with Crippen molar-refractivity contribution in [2.24, 2.45) is 0 Å². The lowest BCUT2D eigenvalue weighted by Crippen LogP contribution is -2.24. The van der Waals surface area contributed by atoms with Crippen LogP contribution in [0.2, 0.25) is 0 Å². The highest BCUT2D eigenvalue weighted by Crippen LogP contribution is 2.41. The van der Waals surface area contributed by atoms with Gasteiger partial charge in [0.2, 0.25) is 0 Å². The summed E-state index contributed by atoms with van der Waals surface area (Å²) in [5.41, 5.74) is 3.80. The molecule has 0 aromatic heterocycles. The maximum atomic E-state index is 13.6. The van der Waals surface area contributed by atoms with Gasteiger partial charge in [-0.2, -0.15) is 0 Å². The predicted molar refractivity (Wildman–Crippen MR) is 82.3 cm³/mol. The van der Waals surface area contributed by atoms with Gasteiger partial charge in [0.25, 0.3) is 0 Å². The van der Waals surface area contributed by atoms with E-state index in [1.54, 1.807) is 0 Å². The number of ether oxygens (including phenoxy) is 1. The zero-order valence-electron chi connectivity index (χ0n) is 12.4. The Morgan fingerprint density at radius 3 is 2.57 bits per heavy atom. The SMILES string of the molecule is CN[C@H]1CC[C@@H](c2ccc(F)c(OC)c2)c2ccccc21. The van der Waals surface area contributed by atoms with Crippen LogP contribution in [0, 0.1) is 5.82 Å². The Balaban J connectivity index is 2.04. The predicted octanol–water partition coefficient (Wildman–Crippen LogP) is 4.02. The van der Waals surface area contributed by atoms with Gasteiger partial charge in [-0.05, 0) is 48.7 Å². The number of rotatable bonds is 3. The van der Waals surface area contributed by atoms with Crippen LogP contribution in [-0.2, 0) is 0 Å². The van der Waals surface area contributed by atoms with Gasteiger partial charge in [-0.3, -0.25) is 0 Å². The van der Waals surface area contributed by atoms with Crippen LogP contribution in [0.1, 0.15) is 41.5 Å². The summed E-state index contributed by atoms with van der Waals surface area (Å²) in [6.07, 6.45) is 2.13. The minimum absolute atomic E-state index is 0.306. The first-order valence-corrected chi connectivity index (χ1v) is 7.34. The van der Waals surface area contributed by atoms with Crippen molar-refractivity contribution < 1.29 is 9.13 Å². The summed E-state index contributed by atoms with van der Waals surface area (Å²) < 4.78 is 18.7. The summed E-state index contributed by atoms with van der Waals surface area (Å²) >= 11 is 0. The Kier molecular flexibility index (Phi) is 3.93. The number of nitrogens with one attached hydrogen (secondary N) is 1. The molecule has 3 rings (SSSR count). The van der Waals surface area contributed by atoms with Gasteiger partial charge in [-0.15, -0.1) is 0 Å². The molecular weight excluding hydrogens is 265 g/mol. The first kappa shape index (κ1) is 14.1. The smallest absolute Gasteiger partial charge is 0.165 e. The molecule has 1 N–H and O–H groups in total. The van der Waals surface area contributed by atoms with Crippen LogP contribution in [0.4, 0.5) is 4.39 Å². The second-order valence-corrected chi connectivity index (χ2v) is 5.49. The minimum atomic E-state index is -0.307. The second kappa shape index (κ2) is 5.86. The van der Waals surface area contributed by atoms with E-state index in [2.05, 4.69) is 29.6 Å². The van der Waals surface area contributed by atoms with Gasteiger partial charge in [0.15, 0.2) is 11.6 Å². The van der Waals surface area contributed by atoms with Crippen LogP contribution in [0.25, 0.3) is 0 Å². The highest BCUT2D eigenvalue weighted by atomic mass is 19.1. The Morgan fingerprint density at radius 1 is 1.10 bits per heavy atom. The average molecular weight is 285 g/mol. The van der Waals surface area contributed by atoms with E-state index < -0.39 is 0 Å². The van der Waals surface area contributed by atoms with Crippen LogP contribution in [-0.4, -0.2) is 14.2 Å². The van der Waals surface area contributed by atoms with Crippen molar-refractivity contribution in [3.63, 3.8) is 0 Å². The monoisotopic (exact) mass is 285 g/mol. The summed E-state index contributed by atoms with van der Waals surface area (Å²) in [7, 11) is 3.51. The Labute approximate surface area is 125 Å². The Hall–Kier alpha value is -1.87. The molecule has 0 radical (unpaired) electrons. The van der Waals surface area contributed by atoms with Gasteiger partial charge in [-0.1, -0.05) is 30.3 Å². The standard InChI is InChI=1S/C18H20FNO/c1-20-17-10-8-13(14-5-3-4-6-15(14)17)12-7-9-16(19)18(11-12)21-2/h3-7,9,11,13,17,20H,8,10H2,1-2H3/t13-,17-/m0/s1. The first-order valence-electron chi connectivity index (χ1n) is 7.34. The molecule has 0 amide bonds. The van der Waals surface area contributed by atoms with Crippen LogP contribution in [0.15, 0.2) is 42.5 Å². The lowest BCUT2D eigenvalue weighted by atomic mass is 9.77. The zero-order chi connectivity index (χ0) is 14.8. The van der Waals surface area contributed by atoms with Gasteiger partial charge in [0.05, 0.1) is 7.11 Å². The molecule has 110 valence electrons. The fraction of sp³-hybridized carbons (Fsp3) is 0.333. The van der Waals surface area contributed by atoms with Gasteiger partial charge in [0, 0.05) is 12.0 Å². The van der Waals surface area contributed by atoms with Gasteiger partial charge < -0.3 is 10.1 Å². The van der Waals surface area contributed by atoms with Crippen molar-refractivity contribution in [2.45, 2.75) is 24.8 Å². The molecule has 0 bridgehead atoms. The van der Waals surface area contributed by atoms with E-state index in [-0.39, 0.29) is 5.82 Å². The molecule has 0 spiro atoms. The molecule has 1 aliphatic rings. The fourth-order valence-electron chi connectivity index (χ4n) is 3.33. The van der Waals surface area contributed by atoms with Gasteiger partial charge >= 0.3 is 0 Å². The number of hydrogen-bond donors (Lipinski definition) is 1. The van der Waals surface area contributed by atoms with E-state index >= 15 is 0 Å². The number of methoxy groups -OCH3 is 1. The summed E-state index contributed by atoms with van der Waals surface area (Å²) in [5.74, 6) is 0.319. The summed E-state index contributed by atoms with van der Waals surface area (Å²) in [4.78, 5) is 0. The summed E-state index contributed by atoms with van der Waals surface area (Å²) in [5, 5.41) is 3.38. The lowest BCUT2D eigenvalue weighted by molar-refractivity contribution is 0.385. The molecule has 0 aliphatic heterocycles. The van der Waals surface area contributed by atoms with Crippen molar-refractivity contribution >= 4 is 0 Å². The third-order valence-electron chi connectivity index (χ3n) is 4.42.